The second-order valence-electron chi connectivity index (χ2n) is 7.32. The van der Waals surface area contributed by atoms with Gasteiger partial charge in [0.25, 0.3) is 0 Å². The molecule has 0 amide bonds. The molecule has 0 saturated heterocycles. The van der Waals surface area contributed by atoms with E-state index in [1.165, 1.54) is 6.07 Å². The number of hydrogen-bond acceptors (Lipinski definition) is 5. The van der Waals surface area contributed by atoms with Gasteiger partial charge in [-0.1, -0.05) is 12.1 Å². The lowest BCUT2D eigenvalue weighted by atomic mass is 10.0. The molecule has 0 aliphatic heterocycles. The minimum absolute atomic E-state index is 0.380. The molecule has 0 saturated carbocycles. The van der Waals surface area contributed by atoms with Gasteiger partial charge in [-0.05, 0) is 57.6 Å². The Morgan fingerprint density at radius 3 is 2.52 bits per heavy atom. The third-order valence-electron chi connectivity index (χ3n) is 5.00. The Labute approximate surface area is 157 Å². The fourth-order valence-corrected chi connectivity index (χ4v) is 3.46. The number of aromatic nitrogens is 1. The van der Waals surface area contributed by atoms with Crippen LogP contribution in [-0.2, 0) is 6.54 Å². The Bertz CT molecular complexity index is 1230. The molecule has 0 radical (unpaired) electrons. The van der Waals surface area contributed by atoms with Gasteiger partial charge in [0, 0.05) is 35.1 Å². The first kappa shape index (κ1) is 17.5. The van der Waals surface area contributed by atoms with Crippen LogP contribution in [0.2, 0.25) is 0 Å². The van der Waals surface area contributed by atoms with Gasteiger partial charge in [0.2, 0.25) is 0 Å². The van der Waals surface area contributed by atoms with E-state index in [9.17, 15) is 4.79 Å². The lowest BCUT2D eigenvalue weighted by molar-refractivity contribution is 0.403. The maximum Gasteiger partial charge on any atom is 0.336 e. The predicted molar refractivity (Wildman–Crippen MR) is 107 cm³/mol. The van der Waals surface area contributed by atoms with Crippen molar-refractivity contribution in [2.75, 3.05) is 14.1 Å². The first-order valence-electron chi connectivity index (χ1n) is 8.92. The Hall–Kier alpha value is -2.92. The van der Waals surface area contributed by atoms with E-state index in [2.05, 4.69) is 9.88 Å². The summed E-state index contributed by atoms with van der Waals surface area (Å²) in [5.74, 6) is 0.655. The smallest absolute Gasteiger partial charge is 0.336 e. The van der Waals surface area contributed by atoms with Crippen LogP contribution in [0.1, 0.15) is 22.4 Å². The topological polar surface area (TPSA) is 59.5 Å². The first-order valence-corrected chi connectivity index (χ1v) is 8.92. The molecule has 0 unspecified atom stereocenters. The molecular formula is C22H22N2O3. The number of pyridine rings is 1. The molecule has 0 fully saturated rings. The summed E-state index contributed by atoms with van der Waals surface area (Å²) < 4.78 is 11.7. The van der Waals surface area contributed by atoms with Crippen molar-refractivity contribution in [2.24, 2.45) is 0 Å². The average Bonchev–Trinajstić information content (AvgIpc) is 3.06. The van der Waals surface area contributed by atoms with Gasteiger partial charge in [0.1, 0.15) is 11.3 Å². The summed E-state index contributed by atoms with van der Waals surface area (Å²) in [4.78, 5) is 18.8. The number of nitrogens with zero attached hydrogens (tertiary/aromatic N) is 2. The predicted octanol–water partition coefficient (Wildman–Crippen LogP) is 4.59. The quantitative estimate of drug-likeness (QED) is 0.499. The fraction of sp³-hybridized carbons (Fsp3) is 0.273. The monoisotopic (exact) mass is 362 g/mol. The molecule has 0 atom stereocenters. The Balaban J connectivity index is 2.02. The summed E-state index contributed by atoms with van der Waals surface area (Å²) in [6, 6.07) is 7.53. The second-order valence-corrected chi connectivity index (χ2v) is 7.32. The molecule has 5 heteroatoms. The number of hydrogen-bond donors (Lipinski definition) is 0. The average molecular weight is 362 g/mol. The summed E-state index contributed by atoms with van der Waals surface area (Å²) in [6.07, 6.45) is 1.89. The number of fused-ring (bicyclic) bond motifs is 2. The summed E-state index contributed by atoms with van der Waals surface area (Å²) >= 11 is 0. The Morgan fingerprint density at radius 1 is 1.00 bits per heavy atom. The molecule has 5 nitrogen and oxygen atoms in total. The van der Waals surface area contributed by atoms with E-state index >= 15 is 0 Å². The van der Waals surface area contributed by atoms with Gasteiger partial charge in [-0.3, -0.25) is 4.98 Å². The van der Waals surface area contributed by atoms with Crippen LogP contribution in [0.15, 0.2) is 44.1 Å². The van der Waals surface area contributed by atoms with Gasteiger partial charge in [0.15, 0.2) is 5.58 Å². The lowest BCUT2D eigenvalue weighted by Gasteiger charge is -2.10. The number of rotatable bonds is 3. The van der Waals surface area contributed by atoms with E-state index in [0.717, 1.165) is 50.8 Å². The van der Waals surface area contributed by atoms with Crippen molar-refractivity contribution in [2.45, 2.75) is 27.3 Å². The molecule has 4 aromatic rings. The molecule has 3 aromatic heterocycles. The van der Waals surface area contributed by atoms with Crippen LogP contribution in [0, 0.1) is 20.8 Å². The zero-order valence-corrected chi connectivity index (χ0v) is 16.2. The van der Waals surface area contributed by atoms with Crippen molar-refractivity contribution in [3.8, 4) is 11.3 Å². The van der Waals surface area contributed by atoms with Crippen molar-refractivity contribution in [3.05, 3.63) is 63.3 Å². The minimum Gasteiger partial charge on any atom is -0.454 e. The van der Waals surface area contributed by atoms with Gasteiger partial charge in [-0.25, -0.2) is 4.79 Å². The zero-order chi connectivity index (χ0) is 19.3. The van der Waals surface area contributed by atoms with E-state index < -0.39 is 0 Å². The molecule has 0 spiro atoms. The van der Waals surface area contributed by atoms with Crippen molar-refractivity contribution < 1.29 is 8.83 Å². The lowest BCUT2D eigenvalue weighted by Crippen LogP contribution is -2.11. The van der Waals surface area contributed by atoms with Crippen LogP contribution in [0.25, 0.3) is 33.3 Å². The van der Waals surface area contributed by atoms with Crippen LogP contribution < -0.4 is 5.63 Å². The summed E-state index contributed by atoms with van der Waals surface area (Å²) in [5, 5.41) is 1.90. The first-order chi connectivity index (χ1) is 12.8. The second kappa shape index (κ2) is 6.35. The summed E-state index contributed by atoms with van der Waals surface area (Å²) in [7, 11) is 4.04. The van der Waals surface area contributed by atoms with E-state index in [1.807, 2.05) is 59.3 Å². The highest BCUT2D eigenvalue weighted by Crippen LogP contribution is 2.35. The van der Waals surface area contributed by atoms with Crippen LogP contribution >= 0.6 is 0 Å². The van der Waals surface area contributed by atoms with Crippen molar-refractivity contribution >= 4 is 21.9 Å². The molecule has 3 heterocycles. The molecule has 4 rings (SSSR count). The highest BCUT2D eigenvalue weighted by molar-refractivity contribution is 5.97. The van der Waals surface area contributed by atoms with Crippen molar-refractivity contribution in [3.63, 3.8) is 0 Å². The summed E-state index contributed by atoms with van der Waals surface area (Å²) in [6.45, 7) is 6.66. The van der Waals surface area contributed by atoms with Gasteiger partial charge < -0.3 is 13.7 Å². The van der Waals surface area contributed by atoms with Crippen molar-refractivity contribution in [1.82, 2.24) is 9.88 Å². The highest BCUT2D eigenvalue weighted by atomic mass is 16.4. The molecule has 0 bridgehead atoms. The minimum atomic E-state index is -0.380. The van der Waals surface area contributed by atoms with Crippen LogP contribution in [0.3, 0.4) is 0 Å². The Kier molecular flexibility index (Phi) is 4.12. The zero-order valence-electron chi connectivity index (χ0n) is 16.2. The maximum absolute atomic E-state index is 12.2. The van der Waals surface area contributed by atoms with Gasteiger partial charge in [-0.15, -0.1) is 0 Å². The highest BCUT2D eigenvalue weighted by Gasteiger charge is 2.17. The fourth-order valence-electron chi connectivity index (χ4n) is 3.46. The molecule has 0 aliphatic rings. The van der Waals surface area contributed by atoms with E-state index in [-0.39, 0.29) is 5.63 Å². The van der Waals surface area contributed by atoms with Gasteiger partial charge in [0.05, 0.1) is 5.69 Å². The number of benzene rings is 1. The molecule has 27 heavy (non-hydrogen) atoms. The molecule has 1 aromatic carbocycles. The normalized spacial score (nSPS) is 11.8. The maximum atomic E-state index is 12.2. The largest absolute Gasteiger partial charge is 0.454 e. The van der Waals surface area contributed by atoms with Crippen molar-refractivity contribution in [1.29, 1.82) is 0 Å². The van der Waals surface area contributed by atoms with E-state index in [4.69, 9.17) is 8.83 Å². The van der Waals surface area contributed by atoms with Crippen LogP contribution in [-0.4, -0.2) is 24.0 Å². The Morgan fingerprint density at radius 2 is 1.78 bits per heavy atom. The van der Waals surface area contributed by atoms with Gasteiger partial charge >= 0.3 is 5.63 Å². The molecule has 0 aliphatic carbocycles. The molecule has 138 valence electrons. The van der Waals surface area contributed by atoms with E-state index in [0.29, 0.717) is 11.3 Å². The van der Waals surface area contributed by atoms with E-state index in [1.54, 1.807) is 0 Å². The molecular weight excluding hydrogens is 340 g/mol. The van der Waals surface area contributed by atoms with Crippen LogP contribution in [0.4, 0.5) is 0 Å². The summed E-state index contributed by atoms with van der Waals surface area (Å²) in [5.41, 5.74) is 5.71. The third-order valence-corrected chi connectivity index (χ3v) is 5.00. The van der Waals surface area contributed by atoms with Crippen LogP contribution in [0.5, 0.6) is 0 Å². The number of aryl methyl sites for hydroxylation is 3. The van der Waals surface area contributed by atoms with Gasteiger partial charge in [-0.2, -0.15) is 0 Å². The number of furan rings is 1. The third kappa shape index (κ3) is 2.94. The SMILES string of the molecule is Cc1ccc2c(-c3cc4c(CN(C)C)cnc(C)c4o3)cc(=O)oc2c1C. The molecule has 0 N–H and O–H groups in total. The standard InChI is InChI=1S/C22H22N2O3/c1-12-6-7-16-18(9-20(25)27-21(16)13(12)2)19-8-17-15(11-24(4)5)10-23-14(3)22(17)26-19/h6-10H,11H2,1-5H3.